The van der Waals surface area contributed by atoms with Crippen LogP contribution in [0.5, 0.6) is 5.75 Å². The Kier molecular flexibility index (Phi) is 5.38. The van der Waals surface area contributed by atoms with Crippen molar-refractivity contribution in [2.45, 2.75) is 26.4 Å². The van der Waals surface area contributed by atoms with E-state index in [1.54, 1.807) is 18.2 Å². The molecule has 4 heteroatoms. The minimum atomic E-state index is -0.327. The van der Waals surface area contributed by atoms with E-state index >= 15 is 0 Å². The molecule has 3 nitrogen and oxygen atoms in total. The Labute approximate surface area is 102 Å². The smallest absolute Gasteiger partial charge is 0.169 e. The molecule has 2 N–H and O–H groups in total. The molecule has 0 aliphatic heterocycles. The molecule has 0 spiro atoms. The fraction of sp³-hybridized carbons (Fsp3) is 0.538. The highest BCUT2D eigenvalue weighted by molar-refractivity contribution is 5.30. The summed E-state index contributed by atoms with van der Waals surface area (Å²) in [6.45, 7) is 4.46. The molecule has 17 heavy (non-hydrogen) atoms. The number of aliphatic hydroxyl groups is 1. The van der Waals surface area contributed by atoms with Crippen molar-refractivity contribution in [1.82, 2.24) is 5.32 Å². The maximum absolute atomic E-state index is 13.8. The first-order valence-electron chi connectivity index (χ1n) is 5.75. The lowest BCUT2D eigenvalue weighted by Crippen LogP contribution is -2.33. The van der Waals surface area contributed by atoms with Crippen molar-refractivity contribution >= 4 is 0 Å². The molecule has 1 aromatic carbocycles. The second-order valence-electron chi connectivity index (χ2n) is 4.26. The van der Waals surface area contributed by atoms with Gasteiger partial charge in [0.05, 0.1) is 7.11 Å². The SMILES string of the molecule is COc1cccc(CNC(C)C(C)CO)c1F. The van der Waals surface area contributed by atoms with Crippen LogP contribution in [0.2, 0.25) is 0 Å². The fourth-order valence-corrected chi connectivity index (χ4v) is 1.48. The average molecular weight is 241 g/mol. The molecule has 0 amide bonds. The van der Waals surface area contributed by atoms with Gasteiger partial charge in [-0.3, -0.25) is 0 Å². The normalized spacial score (nSPS) is 14.4. The molecule has 0 saturated heterocycles. The van der Waals surface area contributed by atoms with Gasteiger partial charge in [-0.15, -0.1) is 0 Å². The van der Waals surface area contributed by atoms with Crippen LogP contribution >= 0.6 is 0 Å². The number of hydrogen-bond donors (Lipinski definition) is 2. The van der Waals surface area contributed by atoms with Crippen molar-refractivity contribution in [1.29, 1.82) is 0 Å². The Morgan fingerprint density at radius 1 is 1.41 bits per heavy atom. The van der Waals surface area contributed by atoms with Crippen LogP contribution in [-0.4, -0.2) is 24.9 Å². The van der Waals surface area contributed by atoms with Crippen molar-refractivity contribution < 1.29 is 14.2 Å². The van der Waals surface area contributed by atoms with Gasteiger partial charge in [0, 0.05) is 24.8 Å². The topological polar surface area (TPSA) is 41.5 Å². The van der Waals surface area contributed by atoms with Crippen LogP contribution in [0.1, 0.15) is 19.4 Å². The van der Waals surface area contributed by atoms with Crippen LogP contribution in [0, 0.1) is 11.7 Å². The predicted molar refractivity (Wildman–Crippen MR) is 65.5 cm³/mol. The van der Waals surface area contributed by atoms with Crippen LogP contribution in [0.4, 0.5) is 4.39 Å². The average Bonchev–Trinajstić information content (AvgIpc) is 2.36. The number of methoxy groups -OCH3 is 1. The van der Waals surface area contributed by atoms with E-state index < -0.39 is 0 Å². The van der Waals surface area contributed by atoms with E-state index in [9.17, 15) is 4.39 Å². The number of benzene rings is 1. The summed E-state index contributed by atoms with van der Waals surface area (Å²) in [5.41, 5.74) is 0.571. The van der Waals surface area contributed by atoms with Gasteiger partial charge in [0.1, 0.15) is 0 Å². The second-order valence-corrected chi connectivity index (χ2v) is 4.26. The summed E-state index contributed by atoms with van der Waals surface area (Å²) in [5, 5.41) is 12.2. The summed E-state index contributed by atoms with van der Waals surface area (Å²) in [6.07, 6.45) is 0. The first-order valence-corrected chi connectivity index (χ1v) is 5.75. The Bertz CT molecular complexity index is 357. The van der Waals surface area contributed by atoms with E-state index in [1.807, 2.05) is 13.8 Å². The van der Waals surface area contributed by atoms with Crippen LogP contribution in [0.25, 0.3) is 0 Å². The van der Waals surface area contributed by atoms with Gasteiger partial charge in [-0.1, -0.05) is 19.1 Å². The number of nitrogens with one attached hydrogen (secondary N) is 1. The van der Waals surface area contributed by atoms with Gasteiger partial charge in [-0.2, -0.15) is 0 Å². The Morgan fingerprint density at radius 2 is 2.12 bits per heavy atom. The summed E-state index contributed by atoms with van der Waals surface area (Å²) in [4.78, 5) is 0. The van der Waals surface area contributed by atoms with Gasteiger partial charge in [-0.05, 0) is 18.9 Å². The number of halogens is 1. The summed E-state index contributed by atoms with van der Waals surface area (Å²) in [5.74, 6) is 0.0715. The molecule has 0 aliphatic carbocycles. The first kappa shape index (κ1) is 13.9. The molecule has 96 valence electrons. The van der Waals surface area contributed by atoms with Gasteiger partial charge >= 0.3 is 0 Å². The zero-order valence-electron chi connectivity index (χ0n) is 10.5. The third-order valence-corrected chi connectivity index (χ3v) is 3.02. The van der Waals surface area contributed by atoms with E-state index in [0.29, 0.717) is 12.1 Å². The number of hydrogen-bond acceptors (Lipinski definition) is 3. The van der Waals surface area contributed by atoms with E-state index in [4.69, 9.17) is 9.84 Å². The Balaban J connectivity index is 2.63. The molecule has 0 heterocycles. The van der Waals surface area contributed by atoms with Gasteiger partial charge in [-0.25, -0.2) is 4.39 Å². The van der Waals surface area contributed by atoms with E-state index in [2.05, 4.69) is 5.32 Å². The van der Waals surface area contributed by atoms with Crippen molar-refractivity contribution in [2.24, 2.45) is 5.92 Å². The van der Waals surface area contributed by atoms with Gasteiger partial charge < -0.3 is 15.2 Å². The number of ether oxygens (including phenoxy) is 1. The molecular weight excluding hydrogens is 221 g/mol. The molecular formula is C13H20FNO2. The van der Waals surface area contributed by atoms with E-state index in [-0.39, 0.29) is 30.1 Å². The second kappa shape index (κ2) is 6.57. The molecule has 1 aromatic rings. The zero-order valence-corrected chi connectivity index (χ0v) is 10.5. The predicted octanol–water partition coefficient (Wildman–Crippen LogP) is 1.94. The highest BCUT2D eigenvalue weighted by atomic mass is 19.1. The lowest BCUT2D eigenvalue weighted by atomic mass is 10.0. The number of aliphatic hydroxyl groups excluding tert-OH is 1. The van der Waals surface area contributed by atoms with Crippen molar-refractivity contribution in [2.75, 3.05) is 13.7 Å². The van der Waals surface area contributed by atoms with Crippen molar-refractivity contribution in [3.63, 3.8) is 0 Å². The monoisotopic (exact) mass is 241 g/mol. The molecule has 1 rings (SSSR count). The molecule has 0 fully saturated rings. The maximum Gasteiger partial charge on any atom is 0.169 e. The highest BCUT2D eigenvalue weighted by Gasteiger charge is 2.12. The molecule has 2 unspecified atom stereocenters. The summed E-state index contributed by atoms with van der Waals surface area (Å²) in [7, 11) is 1.45. The van der Waals surface area contributed by atoms with E-state index in [0.717, 1.165) is 0 Å². The van der Waals surface area contributed by atoms with Crippen molar-refractivity contribution in [3.8, 4) is 5.75 Å². The largest absolute Gasteiger partial charge is 0.494 e. The van der Waals surface area contributed by atoms with Gasteiger partial charge in [0.25, 0.3) is 0 Å². The van der Waals surface area contributed by atoms with Crippen LogP contribution < -0.4 is 10.1 Å². The lowest BCUT2D eigenvalue weighted by molar-refractivity contribution is 0.206. The first-order chi connectivity index (χ1) is 8.10. The molecule has 0 aliphatic rings. The lowest BCUT2D eigenvalue weighted by Gasteiger charge is -2.19. The third-order valence-electron chi connectivity index (χ3n) is 3.02. The quantitative estimate of drug-likeness (QED) is 0.799. The standard InChI is InChI=1S/C13H20FNO2/c1-9(8-16)10(2)15-7-11-5-4-6-12(17-3)13(11)14/h4-6,9-10,15-16H,7-8H2,1-3H3. The van der Waals surface area contributed by atoms with Crippen LogP contribution in [-0.2, 0) is 6.54 Å². The Morgan fingerprint density at radius 3 is 2.71 bits per heavy atom. The third kappa shape index (κ3) is 3.68. The summed E-state index contributed by atoms with van der Waals surface area (Å²) in [6, 6.07) is 5.21. The van der Waals surface area contributed by atoms with Crippen LogP contribution in [0.15, 0.2) is 18.2 Å². The van der Waals surface area contributed by atoms with Gasteiger partial charge in [0.2, 0.25) is 0 Å². The molecule has 0 radical (unpaired) electrons. The Hall–Kier alpha value is -1.13. The fourth-order valence-electron chi connectivity index (χ4n) is 1.48. The zero-order chi connectivity index (χ0) is 12.8. The van der Waals surface area contributed by atoms with Crippen molar-refractivity contribution in [3.05, 3.63) is 29.6 Å². The molecule has 2 atom stereocenters. The maximum atomic E-state index is 13.8. The van der Waals surface area contributed by atoms with Crippen LogP contribution in [0.3, 0.4) is 0 Å². The van der Waals surface area contributed by atoms with Gasteiger partial charge in [0.15, 0.2) is 11.6 Å². The minimum Gasteiger partial charge on any atom is -0.494 e. The molecule has 0 aromatic heterocycles. The minimum absolute atomic E-state index is 0.120. The summed E-state index contributed by atoms with van der Waals surface area (Å²) >= 11 is 0. The molecule has 0 bridgehead atoms. The number of rotatable bonds is 6. The van der Waals surface area contributed by atoms with E-state index in [1.165, 1.54) is 7.11 Å². The highest BCUT2D eigenvalue weighted by Crippen LogP contribution is 2.19. The molecule has 0 saturated carbocycles. The summed E-state index contributed by atoms with van der Waals surface area (Å²) < 4.78 is 18.7.